The van der Waals surface area contributed by atoms with Crippen LogP contribution in [0.4, 0.5) is 0 Å². The summed E-state index contributed by atoms with van der Waals surface area (Å²) in [5.74, 6) is 1.62. The Morgan fingerprint density at radius 1 is 1.30 bits per heavy atom. The van der Waals surface area contributed by atoms with E-state index in [9.17, 15) is 4.79 Å². The first-order chi connectivity index (χ1) is 9.62. The molecule has 0 N–H and O–H groups in total. The van der Waals surface area contributed by atoms with Crippen molar-refractivity contribution in [2.24, 2.45) is 5.92 Å². The van der Waals surface area contributed by atoms with Crippen LogP contribution in [0.15, 0.2) is 29.8 Å². The van der Waals surface area contributed by atoms with Crippen LogP contribution in [-0.2, 0) is 5.41 Å². The van der Waals surface area contributed by atoms with Gasteiger partial charge in [0.25, 0.3) is 0 Å². The smallest absolute Gasteiger partial charge is 0.163 e. The lowest BCUT2D eigenvalue weighted by Gasteiger charge is -2.43. The van der Waals surface area contributed by atoms with Crippen LogP contribution in [0.1, 0.15) is 73.4 Å². The normalized spacial score (nSPS) is 31.1. The van der Waals surface area contributed by atoms with Crippen molar-refractivity contribution in [2.45, 2.75) is 57.3 Å². The molecule has 2 bridgehead atoms. The Morgan fingerprint density at radius 2 is 2.15 bits per heavy atom. The predicted octanol–water partition coefficient (Wildman–Crippen LogP) is 4.76. The molecule has 1 aromatic rings. The highest BCUT2D eigenvalue weighted by atomic mass is 16.1. The van der Waals surface area contributed by atoms with E-state index in [2.05, 4.69) is 38.1 Å². The molecule has 0 radical (unpaired) electrons. The average molecular weight is 266 g/mol. The number of fused-ring (bicyclic) bond motifs is 5. The molecule has 2 unspecified atom stereocenters. The van der Waals surface area contributed by atoms with Gasteiger partial charge in [-0.2, -0.15) is 0 Å². The molecular weight excluding hydrogens is 244 g/mol. The average Bonchev–Trinajstić information content (AvgIpc) is 3.04. The third kappa shape index (κ3) is 1.47. The van der Waals surface area contributed by atoms with Gasteiger partial charge in [0.05, 0.1) is 0 Å². The van der Waals surface area contributed by atoms with Crippen LogP contribution in [0.3, 0.4) is 0 Å². The van der Waals surface area contributed by atoms with Gasteiger partial charge in [-0.1, -0.05) is 43.7 Å². The largest absolute Gasteiger partial charge is 0.294 e. The van der Waals surface area contributed by atoms with Crippen molar-refractivity contribution >= 4 is 5.78 Å². The van der Waals surface area contributed by atoms with Gasteiger partial charge in [0, 0.05) is 17.4 Å². The molecule has 3 aliphatic rings. The van der Waals surface area contributed by atoms with Gasteiger partial charge in [0.15, 0.2) is 5.78 Å². The Morgan fingerprint density at radius 3 is 2.80 bits per heavy atom. The molecule has 1 heteroatoms. The minimum Gasteiger partial charge on any atom is -0.294 e. The summed E-state index contributed by atoms with van der Waals surface area (Å²) >= 11 is 0. The van der Waals surface area contributed by atoms with Crippen LogP contribution in [0, 0.1) is 5.92 Å². The van der Waals surface area contributed by atoms with Crippen LogP contribution in [-0.4, -0.2) is 5.78 Å². The highest BCUT2D eigenvalue weighted by molar-refractivity contribution is 5.99. The van der Waals surface area contributed by atoms with Gasteiger partial charge in [-0.15, -0.1) is 0 Å². The van der Waals surface area contributed by atoms with Gasteiger partial charge in [-0.25, -0.2) is 0 Å². The van der Waals surface area contributed by atoms with E-state index in [1.165, 1.54) is 30.4 Å². The zero-order valence-electron chi connectivity index (χ0n) is 12.4. The highest BCUT2D eigenvalue weighted by Gasteiger charge is 2.52. The number of benzene rings is 1. The van der Waals surface area contributed by atoms with E-state index >= 15 is 0 Å². The van der Waals surface area contributed by atoms with Crippen LogP contribution in [0.25, 0.3) is 0 Å². The molecule has 0 aliphatic heterocycles. The summed E-state index contributed by atoms with van der Waals surface area (Å²) in [6.45, 7) is 4.52. The van der Waals surface area contributed by atoms with E-state index in [0.717, 1.165) is 24.3 Å². The summed E-state index contributed by atoms with van der Waals surface area (Å²) in [6, 6.07) is 6.41. The minimum atomic E-state index is 0.286. The third-order valence-electron chi connectivity index (χ3n) is 5.84. The number of ketones is 1. The molecule has 3 aliphatic carbocycles. The van der Waals surface area contributed by atoms with Crippen LogP contribution >= 0.6 is 0 Å². The van der Waals surface area contributed by atoms with Gasteiger partial charge >= 0.3 is 0 Å². The van der Waals surface area contributed by atoms with E-state index in [-0.39, 0.29) is 5.41 Å². The summed E-state index contributed by atoms with van der Waals surface area (Å²) in [5, 5.41) is 0. The molecule has 1 fully saturated rings. The van der Waals surface area contributed by atoms with E-state index in [1.807, 2.05) is 0 Å². The fourth-order valence-electron chi connectivity index (χ4n) is 4.93. The lowest BCUT2D eigenvalue weighted by Crippen LogP contribution is -2.38. The Hall–Kier alpha value is -1.37. The lowest BCUT2D eigenvalue weighted by atomic mass is 9.60. The van der Waals surface area contributed by atoms with E-state index in [0.29, 0.717) is 11.7 Å². The van der Waals surface area contributed by atoms with Gasteiger partial charge in [-0.3, -0.25) is 4.79 Å². The fourth-order valence-corrected chi connectivity index (χ4v) is 4.93. The van der Waals surface area contributed by atoms with Crippen LogP contribution in [0.2, 0.25) is 0 Å². The Balaban J connectivity index is 1.97. The van der Waals surface area contributed by atoms with Gasteiger partial charge in [0.1, 0.15) is 0 Å². The number of carbonyl (C=O) groups excluding carboxylic acids is 1. The highest BCUT2D eigenvalue weighted by Crippen LogP contribution is 2.59. The second-order valence-corrected chi connectivity index (χ2v) is 7.18. The number of Topliss-reactive ketones (excluding diaryl/α,β-unsaturated/α-hetero) is 1. The fraction of sp³-hybridized carbons (Fsp3) is 0.526. The maximum absolute atomic E-state index is 12.4. The molecule has 2 atom stereocenters. The SMILES string of the molecule is CC(C)c1cccc2c1C1(CCC2=O)CC2=CCC1C2. The second kappa shape index (κ2) is 4.07. The van der Waals surface area contributed by atoms with Crippen molar-refractivity contribution in [3.05, 3.63) is 46.5 Å². The van der Waals surface area contributed by atoms with E-state index in [4.69, 9.17) is 0 Å². The van der Waals surface area contributed by atoms with E-state index in [1.54, 1.807) is 5.57 Å². The topological polar surface area (TPSA) is 17.1 Å². The molecule has 0 amide bonds. The van der Waals surface area contributed by atoms with Gasteiger partial charge in [0.2, 0.25) is 0 Å². The summed E-state index contributed by atoms with van der Waals surface area (Å²) in [6.07, 6.45) is 7.99. The number of carbonyl (C=O) groups is 1. The molecule has 1 aromatic carbocycles. The van der Waals surface area contributed by atoms with Crippen molar-refractivity contribution in [2.75, 3.05) is 0 Å². The number of rotatable bonds is 1. The van der Waals surface area contributed by atoms with Crippen LogP contribution in [0.5, 0.6) is 0 Å². The zero-order chi connectivity index (χ0) is 13.9. The molecule has 0 heterocycles. The number of hydrogen-bond donors (Lipinski definition) is 0. The van der Waals surface area contributed by atoms with Crippen molar-refractivity contribution in [1.82, 2.24) is 0 Å². The molecule has 104 valence electrons. The predicted molar refractivity (Wildman–Crippen MR) is 81.2 cm³/mol. The molecule has 4 rings (SSSR count). The van der Waals surface area contributed by atoms with Crippen molar-refractivity contribution in [3.63, 3.8) is 0 Å². The first kappa shape index (κ1) is 12.4. The molecule has 20 heavy (non-hydrogen) atoms. The summed E-state index contributed by atoms with van der Waals surface area (Å²) in [4.78, 5) is 12.4. The molecule has 1 spiro atoms. The standard InChI is InChI=1S/C19H22O/c1-12(2)15-4-3-5-16-17(20)8-9-19(18(15)16)11-13-6-7-14(19)10-13/h3-6,12,14H,7-11H2,1-2H3. The van der Waals surface area contributed by atoms with E-state index < -0.39 is 0 Å². The summed E-state index contributed by atoms with van der Waals surface area (Å²) < 4.78 is 0. The monoisotopic (exact) mass is 266 g/mol. The molecule has 1 nitrogen and oxygen atoms in total. The molecule has 1 saturated carbocycles. The molecule has 0 saturated heterocycles. The quantitative estimate of drug-likeness (QED) is 0.669. The Labute approximate surface area is 121 Å². The molecular formula is C19H22O. The number of hydrogen-bond acceptors (Lipinski definition) is 1. The number of allylic oxidation sites excluding steroid dienone is 2. The van der Waals surface area contributed by atoms with Crippen molar-refractivity contribution < 1.29 is 4.79 Å². The summed E-state index contributed by atoms with van der Waals surface area (Å²) in [7, 11) is 0. The van der Waals surface area contributed by atoms with Gasteiger partial charge < -0.3 is 0 Å². The maximum Gasteiger partial charge on any atom is 0.163 e. The van der Waals surface area contributed by atoms with Gasteiger partial charge in [-0.05, 0) is 48.6 Å². The minimum absolute atomic E-state index is 0.286. The maximum atomic E-state index is 12.4. The summed E-state index contributed by atoms with van der Waals surface area (Å²) in [5.41, 5.74) is 5.82. The van der Waals surface area contributed by atoms with Crippen molar-refractivity contribution in [1.29, 1.82) is 0 Å². The van der Waals surface area contributed by atoms with Crippen molar-refractivity contribution in [3.8, 4) is 0 Å². The third-order valence-corrected chi connectivity index (χ3v) is 5.84. The second-order valence-electron chi connectivity index (χ2n) is 7.18. The first-order valence-electron chi connectivity index (χ1n) is 7.96. The van der Waals surface area contributed by atoms with Crippen LogP contribution < -0.4 is 0 Å². The zero-order valence-corrected chi connectivity index (χ0v) is 12.4. The Bertz CT molecular complexity index is 623. The molecule has 0 aromatic heterocycles. The Kier molecular flexibility index (Phi) is 2.52. The lowest BCUT2D eigenvalue weighted by molar-refractivity contribution is 0.0938. The first-order valence-corrected chi connectivity index (χ1v) is 7.96.